The number of nitrogens with two attached hydrogens (primary N) is 2. The van der Waals surface area contributed by atoms with E-state index in [-0.39, 0.29) is 11.9 Å². The summed E-state index contributed by atoms with van der Waals surface area (Å²) in [5.74, 6) is 1.85. The molecule has 0 heterocycles. The lowest BCUT2D eigenvalue weighted by Gasteiger charge is -2.08. The van der Waals surface area contributed by atoms with Crippen molar-refractivity contribution < 1.29 is 9.47 Å². The van der Waals surface area contributed by atoms with Crippen molar-refractivity contribution in [1.29, 1.82) is 10.8 Å². The third-order valence-electron chi connectivity index (χ3n) is 5.88. The second-order valence-corrected chi connectivity index (χ2v) is 8.99. The lowest BCUT2D eigenvalue weighted by Crippen LogP contribution is -2.31. The molecule has 0 aliphatic heterocycles. The molecule has 0 aliphatic rings. The van der Waals surface area contributed by atoms with Gasteiger partial charge in [-0.05, 0) is 61.1 Å². The summed E-state index contributed by atoms with van der Waals surface area (Å²) in [6, 6.07) is 16.3. The molecule has 8 N–H and O–H groups in total. The van der Waals surface area contributed by atoms with E-state index < -0.39 is 0 Å². The number of rotatable bonds is 19. The first-order chi connectivity index (χ1) is 17.5. The van der Waals surface area contributed by atoms with Gasteiger partial charge < -0.3 is 31.6 Å². The second-order valence-electron chi connectivity index (χ2n) is 8.99. The van der Waals surface area contributed by atoms with E-state index in [0.29, 0.717) is 13.1 Å². The van der Waals surface area contributed by atoms with Gasteiger partial charge >= 0.3 is 0 Å². The van der Waals surface area contributed by atoms with Gasteiger partial charge in [0.1, 0.15) is 11.5 Å². The normalized spacial score (nSPS) is 10.6. The van der Waals surface area contributed by atoms with Gasteiger partial charge in [0.15, 0.2) is 11.9 Å². The quantitative estimate of drug-likeness (QED) is 0.0972. The number of nitrogens with one attached hydrogen (secondary N) is 4. The summed E-state index contributed by atoms with van der Waals surface area (Å²) >= 11 is 0. The molecule has 0 spiro atoms. The Balaban J connectivity index is 1.38. The number of hydrogen-bond acceptors (Lipinski definition) is 4. The van der Waals surface area contributed by atoms with Gasteiger partial charge in [-0.1, -0.05) is 62.8 Å². The molecule has 0 aliphatic carbocycles. The average molecular weight is 497 g/mol. The Hall–Kier alpha value is -3.42. The molecular formula is C28H44N6O2. The van der Waals surface area contributed by atoms with Crippen LogP contribution in [0.1, 0.15) is 62.5 Å². The van der Waals surface area contributed by atoms with Gasteiger partial charge in [0.2, 0.25) is 0 Å². The van der Waals surface area contributed by atoms with Gasteiger partial charge in [-0.25, -0.2) is 0 Å². The van der Waals surface area contributed by atoms with E-state index in [2.05, 4.69) is 34.9 Å². The van der Waals surface area contributed by atoms with Crippen LogP contribution in [-0.4, -0.2) is 38.2 Å². The van der Waals surface area contributed by atoms with Gasteiger partial charge in [-0.3, -0.25) is 10.8 Å². The molecule has 0 saturated carbocycles. The molecule has 8 heteroatoms. The SMILES string of the molecule is N=C(N)NCCc1ccc(OCCCCCCCCCCOc2ccc(CCNC(=N)N)cc2)cc1. The minimum atomic E-state index is 0.0102. The summed E-state index contributed by atoms with van der Waals surface area (Å²) < 4.78 is 11.7. The number of guanidine groups is 2. The smallest absolute Gasteiger partial charge is 0.185 e. The molecule has 0 aromatic heterocycles. The van der Waals surface area contributed by atoms with Crippen molar-refractivity contribution in [2.24, 2.45) is 11.5 Å². The molecular weight excluding hydrogens is 452 g/mol. The third-order valence-corrected chi connectivity index (χ3v) is 5.88. The Morgan fingerprint density at radius 2 is 0.889 bits per heavy atom. The van der Waals surface area contributed by atoms with Crippen molar-refractivity contribution in [2.45, 2.75) is 64.2 Å². The van der Waals surface area contributed by atoms with Crippen LogP contribution in [0.15, 0.2) is 48.5 Å². The van der Waals surface area contributed by atoms with E-state index in [1.807, 2.05) is 24.3 Å². The first-order valence-corrected chi connectivity index (χ1v) is 13.1. The van der Waals surface area contributed by atoms with Crippen LogP contribution in [0.25, 0.3) is 0 Å². The largest absolute Gasteiger partial charge is 0.494 e. The van der Waals surface area contributed by atoms with E-state index in [0.717, 1.165) is 50.4 Å². The third kappa shape index (κ3) is 14.1. The molecule has 8 nitrogen and oxygen atoms in total. The fraction of sp³-hybridized carbons (Fsp3) is 0.500. The highest BCUT2D eigenvalue weighted by atomic mass is 16.5. The number of hydrogen-bond donors (Lipinski definition) is 6. The summed E-state index contributed by atoms with van der Waals surface area (Å²) in [5.41, 5.74) is 13.0. The molecule has 0 fully saturated rings. The maximum absolute atomic E-state index is 7.16. The summed E-state index contributed by atoms with van der Waals surface area (Å²) in [7, 11) is 0. The highest BCUT2D eigenvalue weighted by Gasteiger charge is 1.99. The lowest BCUT2D eigenvalue weighted by atomic mass is 10.1. The van der Waals surface area contributed by atoms with Crippen molar-refractivity contribution in [3.63, 3.8) is 0 Å². The van der Waals surface area contributed by atoms with E-state index in [1.54, 1.807) is 0 Å². The Morgan fingerprint density at radius 3 is 1.22 bits per heavy atom. The zero-order chi connectivity index (χ0) is 25.8. The first kappa shape index (κ1) is 28.8. The molecule has 2 aromatic carbocycles. The molecule has 2 aromatic rings. The summed E-state index contributed by atoms with van der Waals surface area (Å²) in [6.07, 6.45) is 11.3. The van der Waals surface area contributed by atoms with Crippen molar-refractivity contribution >= 4 is 11.9 Å². The minimum Gasteiger partial charge on any atom is -0.494 e. The van der Waals surface area contributed by atoms with Crippen LogP contribution in [0.3, 0.4) is 0 Å². The van der Waals surface area contributed by atoms with E-state index >= 15 is 0 Å². The summed E-state index contributed by atoms with van der Waals surface area (Å²) in [4.78, 5) is 0. The van der Waals surface area contributed by atoms with Crippen molar-refractivity contribution in [2.75, 3.05) is 26.3 Å². The maximum Gasteiger partial charge on any atom is 0.185 e. The van der Waals surface area contributed by atoms with Crippen LogP contribution >= 0.6 is 0 Å². The van der Waals surface area contributed by atoms with Crippen LogP contribution < -0.4 is 31.6 Å². The van der Waals surface area contributed by atoms with Crippen LogP contribution in [0, 0.1) is 10.8 Å². The number of ether oxygens (including phenoxy) is 2. The van der Waals surface area contributed by atoms with Crippen LogP contribution in [-0.2, 0) is 12.8 Å². The number of unbranched alkanes of at least 4 members (excludes halogenated alkanes) is 7. The molecule has 0 radical (unpaired) electrons. The van der Waals surface area contributed by atoms with Crippen molar-refractivity contribution in [1.82, 2.24) is 10.6 Å². The Kier molecular flexibility index (Phi) is 14.4. The summed E-state index contributed by atoms with van der Waals surface area (Å²) in [5, 5.41) is 20.0. The molecule has 198 valence electrons. The zero-order valence-electron chi connectivity index (χ0n) is 21.5. The van der Waals surface area contributed by atoms with Crippen LogP contribution in [0.4, 0.5) is 0 Å². The topological polar surface area (TPSA) is 142 Å². The van der Waals surface area contributed by atoms with Crippen LogP contribution in [0.5, 0.6) is 11.5 Å². The van der Waals surface area contributed by atoms with E-state index in [4.69, 9.17) is 31.8 Å². The van der Waals surface area contributed by atoms with Crippen molar-refractivity contribution in [3.8, 4) is 11.5 Å². The molecule has 0 atom stereocenters. The molecule has 36 heavy (non-hydrogen) atoms. The lowest BCUT2D eigenvalue weighted by molar-refractivity contribution is 0.301. The fourth-order valence-corrected chi connectivity index (χ4v) is 3.83. The van der Waals surface area contributed by atoms with Gasteiger partial charge in [-0.2, -0.15) is 0 Å². The van der Waals surface area contributed by atoms with Gasteiger partial charge in [0, 0.05) is 13.1 Å². The molecule has 0 saturated heterocycles. The van der Waals surface area contributed by atoms with Gasteiger partial charge in [-0.15, -0.1) is 0 Å². The molecule has 0 unspecified atom stereocenters. The van der Waals surface area contributed by atoms with E-state index in [1.165, 1.54) is 49.7 Å². The Bertz CT molecular complexity index is 797. The predicted molar refractivity (Wildman–Crippen MR) is 148 cm³/mol. The summed E-state index contributed by atoms with van der Waals surface area (Å²) in [6.45, 7) is 2.86. The molecule has 0 amide bonds. The van der Waals surface area contributed by atoms with Crippen LogP contribution in [0.2, 0.25) is 0 Å². The minimum absolute atomic E-state index is 0.0102. The Labute approximate surface area is 216 Å². The highest BCUT2D eigenvalue weighted by Crippen LogP contribution is 2.15. The highest BCUT2D eigenvalue weighted by molar-refractivity contribution is 5.74. The zero-order valence-corrected chi connectivity index (χ0v) is 21.5. The average Bonchev–Trinajstić information content (AvgIpc) is 2.86. The van der Waals surface area contributed by atoms with E-state index in [9.17, 15) is 0 Å². The first-order valence-electron chi connectivity index (χ1n) is 13.1. The van der Waals surface area contributed by atoms with Gasteiger partial charge in [0.05, 0.1) is 13.2 Å². The van der Waals surface area contributed by atoms with Gasteiger partial charge in [0.25, 0.3) is 0 Å². The predicted octanol–water partition coefficient (Wildman–Crippen LogP) is 4.32. The monoisotopic (exact) mass is 496 g/mol. The standard InChI is InChI=1S/C28H44N6O2/c29-27(30)33-19-17-23-9-13-25(14-10-23)35-21-7-5-3-1-2-4-6-8-22-36-26-15-11-24(12-16-26)18-20-34-28(31)32/h9-16H,1-8,17-22H2,(H4,29,30,33)(H4,31,32,34). The second kappa shape index (κ2) is 17.9. The number of benzene rings is 2. The Morgan fingerprint density at radius 1 is 0.556 bits per heavy atom. The maximum atomic E-state index is 7.16. The fourth-order valence-electron chi connectivity index (χ4n) is 3.83. The molecule has 0 bridgehead atoms. The molecule has 2 rings (SSSR count). The van der Waals surface area contributed by atoms with Crippen molar-refractivity contribution in [3.05, 3.63) is 59.7 Å².